The van der Waals surface area contributed by atoms with Gasteiger partial charge < -0.3 is 4.90 Å². The molecule has 1 heterocycles. The van der Waals surface area contributed by atoms with E-state index in [-0.39, 0.29) is 5.91 Å². The second-order valence-electron chi connectivity index (χ2n) is 5.81. The number of hydrogen-bond acceptors (Lipinski definition) is 2. The van der Waals surface area contributed by atoms with Crippen LogP contribution in [0.15, 0.2) is 12.7 Å². The molecule has 0 aromatic carbocycles. The van der Waals surface area contributed by atoms with E-state index in [1.54, 1.807) is 0 Å². The fourth-order valence-corrected chi connectivity index (χ4v) is 4.06. The standard InChI is InChI=1S/C14H22N2O/c1-2-14(17)16-7-5-15(6-8-16)13-10-11-3-4-12(13)9-11/h2,11-13H,1,3-10H2. The lowest BCUT2D eigenvalue weighted by Crippen LogP contribution is -2.52. The molecule has 0 N–H and O–H groups in total. The van der Waals surface area contributed by atoms with Crippen molar-refractivity contribution in [1.82, 2.24) is 9.80 Å². The van der Waals surface area contributed by atoms with Gasteiger partial charge in [-0.1, -0.05) is 13.0 Å². The summed E-state index contributed by atoms with van der Waals surface area (Å²) in [5, 5.41) is 0. The summed E-state index contributed by atoms with van der Waals surface area (Å²) in [6, 6.07) is 0.828. The predicted molar refractivity (Wildman–Crippen MR) is 67.6 cm³/mol. The topological polar surface area (TPSA) is 23.6 Å². The van der Waals surface area contributed by atoms with E-state index >= 15 is 0 Å². The number of nitrogens with zero attached hydrogens (tertiary/aromatic N) is 2. The highest BCUT2D eigenvalue weighted by Crippen LogP contribution is 2.46. The molecule has 3 rings (SSSR count). The van der Waals surface area contributed by atoms with E-state index in [9.17, 15) is 4.79 Å². The zero-order valence-electron chi connectivity index (χ0n) is 10.5. The third kappa shape index (κ3) is 2.01. The van der Waals surface area contributed by atoms with Gasteiger partial charge in [-0.15, -0.1) is 0 Å². The molecular weight excluding hydrogens is 212 g/mol. The van der Waals surface area contributed by atoms with Crippen LogP contribution in [-0.4, -0.2) is 47.9 Å². The van der Waals surface area contributed by atoms with Crippen LogP contribution < -0.4 is 0 Å². The van der Waals surface area contributed by atoms with Gasteiger partial charge in [-0.2, -0.15) is 0 Å². The van der Waals surface area contributed by atoms with Crippen LogP contribution in [-0.2, 0) is 4.79 Å². The third-order valence-electron chi connectivity index (χ3n) is 4.97. The van der Waals surface area contributed by atoms with Crippen molar-refractivity contribution in [3.8, 4) is 0 Å². The molecule has 0 radical (unpaired) electrons. The molecule has 2 aliphatic carbocycles. The summed E-state index contributed by atoms with van der Waals surface area (Å²) in [6.07, 6.45) is 7.24. The summed E-state index contributed by atoms with van der Waals surface area (Å²) in [5.41, 5.74) is 0. The van der Waals surface area contributed by atoms with Crippen molar-refractivity contribution >= 4 is 5.91 Å². The number of rotatable bonds is 2. The summed E-state index contributed by atoms with van der Waals surface area (Å²) in [6.45, 7) is 7.46. The maximum atomic E-state index is 11.5. The maximum absolute atomic E-state index is 11.5. The normalized spacial score (nSPS) is 37.4. The Balaban J connectivity index is 1.55. The molecule has 1 aliphatic heterocycles. The van der Waals surface area contributed by atoms with E-state index < -0.39 is 0 Å². The van der Waals surface area contributed by atoms with E-state index in [0.29, 0.717) is 0 Å². The summed E-state index contributed by atoms with van der Waals surface area (Å²) < 4.78 is 0. The van der Waals surface area contributed by atoms with Crippen LogP contribution in [0.1, 0.15) is 25.7 Å². The largest absolute Gasteiger partial charge is 0.337 e. The van der Waals surface area contributed by atoms with Gasteiger partial charge in [-0.25, -0.2) is 0 Å². The van der Waals surface area contributed by atoms with E-state index in [1.165, 1.54) is 31.8 Å². The minimum Gasteiger partial charge on any atom is -0.337 e. The molecular formula is C14H22N2O. The Morgan fingerprint density at radius 1 is 1.12 bits per heavy atom. The quantitative estimate of drug-likeness (QED) is 0.676. The second-order valence-corrected chi connectivity index (χ2v) is 5.81. The Morgan fingerprint density at radius 2 is 1.88 bits per heavy atom. The first-order chi connectivity index (χ1) is 8.28. The van der Waals surface area contributed by atoms with Crippen molar-refractivity contribution in [2.24, 2.45) is 11.8 Å². The molecule has 1 saturated heterocycles. The number of piperazine rings is 1. The van der Waals surface area contributed by atoms with Crippen LogP contribution in [0.5, 0.6) is 0 Å². The SMILES string of the molecule is C=CC(=O)N1CCN(C2CC3CCC2C3)CC1. The molecule has 3 nitrogen and oxygen atoms in total. The van der Waals surface area contributed by atoms with Crippen molar-refractivity contribution in [1.29, 1.82) is 0 Å². The van der Waals surface area contributed by atoms with E-state index in [4.69, 9.17) is 0 Å². The summed E-state index contributed by atoms with van der Waals surface area (Å²) in [4.78, 5) is 16.1. The number of amides is 1. The Labute approximate surface area is 103 Å². The molecule has 2 bridgehead atoms. The fraction of sp³-hybridized carbons (Fsp3) is 0.786. The first kappa shape index (κ1) is 11.3. The van der Waals surface area contributed by atoms with Gasteiger partial charge >= 0.3 is 0 Å². The molecule has 3 unspecified atom stereocenters. The van der Waals surface area contributed by atoms with Crippen molar-refractivity contribution in [3.63, 3.8) is 0 Å². The van der Waals surface area contributed by atoms with Gasteiger partial charge in [0.2, 0.25) is 5.91 Å². The molecule has 3 atom stereocenters. The summed E-state index contributed by atoms with van der Waals surface area (Å²) in [5.74, 6) is 2.07. The number of hydrogen-bond donors (Lipinski definition) is 0. The van der Waals surface area contributed by atoms with Crippen molar-refractivity contribution in [2.45, 2.75) is 31.7 Å². The highest BCUT2D eigenvalue weighted by Gasteiger charge is 2.42. The Morgan fingerprint density at radius 3 is 2.41 bits per heavy atom. The van der Waals surface area contributed by atoms with Gasteiger partial charge in [0.15, 0.2) is 0 Å². The highest BCUT2D eigenvalue weighted by molar-refractivity contribution is 5.87. The van der Waals surface area contributed by atoms with E-state index in [1.807, 2.05) is 4.90 Å². The average molecular weight is 234 g/mol. The van der Waals surface area contributed by atoms with Crippen molar-refractivity contribution < 1.29 is 4.79 Å². The number of carbonyl (C=O) groups excluding carboxylic acids is 1. The molecule has 0 spiro atoms. The van der Waals surface area contributed by atoms with Gasteiger partial charge in [-0.05, 0) is 37.2 Å². The first-order valence-electron chi connectivity index (χ1n) is 6.93. The van der Waals surface area contributed by atoms with Crippen LogP contribution in [0, 0.1) is 11.8 Å². The van der Waals surface area contributed by atoms with Gasteiger partial charge in [0.05, 0.1) is 0 Å². The molecule has 1 amide bonds. The lowest BCUT2D eigenvalue weighted by atomic mass is 9.93. The smallest absolute Gasteiger partial charge is 0.246 e. The molecule has 94 valence electrons. The first-order valence-corrected chi connectivity index (χ1v) is 6.93. The monoisotopic (exact) mass is 234 g/mol. The third-order valence-corrected chi connectivity index (χ3v) is 4.97. The lowest BCUT2D eigenvalue weighted by Gasteiger charge is -2.40. The Hall–Kier alpha value is -0.830. The van der Waals surface area contributed by atoms with Crippen molar-refractivity contribution in [2.75, 3.05) is 26.2 Å². The molecule has 3 heteroatoms. The minimum absolute atomic E-state index is 0.0950. The number of fused-ring (bicyclic) bond motifs is 2. The Kier molecular flexibility index (Phi) is 2.95. The van der Waals surface area contributed by atoms with Gasteiger partial charge in [0, 0.05) is 32.2 Å². The van der Waals surface area contributed by atoms with Crippen LogP contribution in [0.4, 0.5) is 0 Å². The fourth-order valence-electron chi connectivity index (χ4n) is 4.06. The molecule has 17 heavy (non-hydrogen) atoms. The molecule has 3 aliphatic rings. The van der Waals surface area contributed by atoms with Crippen molar-refractivity contribution in [3.05, 3.63) is 12.7 Å². The van der Waals surface area contributed by atoms with E-state index in [2.05, 4.69) is 11.5 Å². The maximum Gasteiger partial charge on any atom is 0.246 e. The second kappa shape index (κ2) is 4.45. The van der Waals surface area contributed by atoms with Gasteiger partial charge in [-0.3, -0.25) is 9.69 Å². The van der Waals surface area contributed by atoms with Gasteiger partial charge in [0.25, 0.3) is 0 Å². The van der Waals surface area contributed by atoms with Crippen LogP contribution in [0.25, 0.3) is 0 Å². The van der Waals surface area contributed by atoms with Crippen LogP contribution in [0.2, 0.25) is 0 Å². The molecule has 0 aromatic rings. The highest BCUT2D eigenvalue weighted by atomic mass is 16.2. The zero-order valence-corrected chi connectivity index (χ0v) is 10.5. The van der Waals surface area contributed by atoms with Crippen LogP contribution in [0.3, 0.4) is 0 Å². The number of carbonyl (C=O) groups is 1. The molecule has 3 fully saturated rings. The summed E-state index contributed by atoms with van der Waals surface area (Å²) >= 11 is 0. The average Bonchev–Trinajstić information content (AvgIpc) is 3.00. The minimum atomic E-state index is 0.0950. The molecule has 2 saturated carbocycles. The van der Waals surface area contributed by atoms with Gasteiger partial charge in [0.1, 0.15) is 0 Å². The van der Waals surface area contributed by atoms with Crippen LogP contribution >= 0.6 is 0 Å². The lowest BCUT2D eigenvalue weighted by molar-refractivity contribution is -0.128. The zero-order chi connectivity index (χ0) is 11.8. The predicted octanol–water partition coefficient (Wildman–Crippen LogP) is 1.51. The summed E-state index contributed by atoms with van der Waals surface area (Å²) in [7, 11) is 0. The Bertz CT molecular complexity index is 320. The molecule has 0 aromatic heterocycles. The van der Waals surface area contributed by atoms with E-state index in [0.717, 1.165) is 44.1 Å².